The van der Waals surface area contributed by atoms with Crippen LogP contribution in [0, 0.1) is 0 Å². The number of carbonyl (C=O) groups is 3. The summed E-state index contributed by atoms with van der Waals surface area (Å²) < 4.78 is 10.1. The zero-order valence-electron chi connectivity index (χ0n) is 12.6. The molecule has 1 aromatic carbocycles. The van der Waals surface area contributed by atoms with E-state index < -0.39 is 17.8 Å². The van der Waals surface area contributed by atoms with Crippen molar-refractivity contribution in [1.29, 1.82) is 0 Å². The number of hydrogen-bond acceptors (Lipinski definition) is 5. The molecule has 118 valence electrons. The Balaban J connectivity index is 2.17. The second-order valence-electron chi connectivity index (χ2n) is 5.95. The van der Waals surface area contributed by atoms with Crippen LogP contribution >= 0.6 is 0 Å². The van der Waals surface area contributed by atoms with Crippen molar-refractivity contribution in [2.75, 3.05) is 6.54 Å². The van der Waals surface area contributed by atoms with Crippen molar-refractivity contribution in [3.05, 3.63) is 29.3 Å². The number of carboxylic acid groups (broad SMARTS) is 1. The maximum atomic E-state index is 11.9. The molecule has 7 nitrogen and oxygen atoms in total. The molecule has 0 unspecified atom stereocenters. The second kappa shape index (κ2) is 5.67. The van der Waals surface area contributed by atoms with E-state index in [1.807, 2.05) is 0 Å². The maximum Gasteiger partial charge on any atom is 0.514 e. The van der Waals surface area contributed by atoms with Crippen LogP contribution in [0.3, 0.4) is 0 Å². The molecule has 0 saturated heterocycles. The second-order valence-corrected chi connectivity index (χ2v) is 5.95. The van der Waals surface area contributed by atoms with E-state index in [1.54, 1.807) is 20.8 Å². The van der Waals surface area contributed by atoms with E-state index in [9.17, 15) is 14.4 Å². The molecule has 2 rings (SSSR count). The molecule has 0 radical (unpaired) electrons. The normalized spacial score (nSPS) is 14.3. The number of amides is 1. The van der Waals surface area contributed by atoms with Gasteiger partial charge >= 0.3 is 12.2 Å². The quantitative estimate of drug-likeness (QED) is 0.633. The Morgan fingerprint density at radius 1 is 1.23 bits per heavy atom. The molecule has 1 N–H and O–H groups in total. The highest BCUT2D eigenvalue weighted by atomic mass is 16.7. The summed E-state index contributed by atoms with van der Waals surface area (Å²) in [5, 5.41) is 8.99. The first kappa shape index (κ1) is 15.8. The predicted molar refractivity (Wildman–Crippen MR) is 76.1 cm³/mol. The van der Waals surface area contributed by atoms with Gasteiger partial charge in [0.2, 0.25) is 0 Å². The summed E-state index contributed by atoms with van der Waals surface area (Å²) in [7, 11) is 0. The molecule has 22 heavy (non-hydrogen) atoms. The molecular formula is C15H17NO6. The van der Waals surface area contributed by atoms with Crippen molar-refractivity contribution in [2.45, 2.75) is 32.9 Å². The summed E-state index contributed by atoms with van der Waals surface area (Å²) in [6, 6.07) is 4.49. The van der Waals surface area contributed by atoms with Gasteiger partial charge in [-0.05, 0) is 44.5 Å². The van der Waals surface area contributed by atoms with Crippen LogP contribution in [-0.4, -0.2) is 40.2 Å². The molecule has 7 heteroatoms. The number of nitrogens with zero attached hydrogens (tertiary/aromatic N) is 1. The summed E-state index contributed by atoms with van der Waals surface area (Å²) in [4.78, 5) is 35.5. The molecule has 1 aliphatic rings. The molecule has 0 saturated carbocycles. The highest BCUT2D eigenvalue weighted by Crippen LogP contribution is 2.24. The molecule has 0 aliphatic carbocycles. The van der Waals surface area contributed by atoms with E-state index in [0.717, 1.165) is 4.90 Å². The fourth-order valence-corrected chi connectivity index (χ4v) is 2.06. The van der Waals surface area contributed by atoms with E-state index in [-0.39, 0.29) is 24.6 Å². The lowest BCUT2D eigenvalue weighted by molar-refractivity contribution is 0.0206. The van der Waals surface area contributed by atoms with Gasteiger partial charge in [0.1, 0.15) is 11.4 Å². The Labute approximate surface area is 127 Å². The van der Waals surface area contributed by atoms with Crippen molar-refractivity contribution < 1.29 is 29.0 Å². The third-order valence-electron chi connectivity index (χ3n) is 2.93. The van der Waals surface area contributed by atoms with Crippen LogP contribution in [0.2, 0.25) is 0 Å². The molecule has 1 aliphatic heterocycles. The van der Waals surface area contributed by atoms with E-state index in [1.165, 1.54) is 18.2 Å². The first-order chi connectivity index (χ1) is 10.2. The van der Waals surface area contributed by atoms with Crippen LogP contribution in [0.1, 0.15) is 36.7 Å². The highest BCUT2D eigenvalue weighted by Gasteiger charge is 2.27. The molecular weight excluding hydrogens is 290 g/mol. The minimum atomic E-state index is -1.17. The molecule has 1 aromatic rings. The molecule has 1 amide bonds. The molecule has 0 fully saturated rings. The van der Waals surface area contributed by atoms with Gasteiger partial charge in [-0.25, -0.2) is 9.59 Å². The van der Waals surface area contributed by atoms with Gasteiger partial charge < -0.3 is 14.6 Å². The summed E-state index contributed by atoms with van der Waals surface area (Å²) in [6.07, 6.45) is -2.03. The van der Waals surface area contributed by atoms with E-state index >= 15 is 0 Å². The van der Waals surface area contributed by atoms with Crippen LogP contribution in [0.15, 0.2) is 18.2 Å². The lowest BCUT2D eigenvalue weighted by Gasteiger charge is -2.25. The van der Waals surface area contributed by atoms with Crippen LogP contribution < -0.4 is 4.74 Å². The molecule has 0 bridgehead atoms. The van der Waals surface area contributed by atoms with Gasteiger partial charge in [0.05, 0.1) is 13.1 Å². The SMILES string of the molecule is CC(C)(C)OC(=O)Oc1ccc2c(c1)CN(C(=O)O)CC2=O. The summed E-state index contributed by atoms with van der Waals surface area (Å²) in [5.74, 6) is -0.0829. The van der Waals surface area contributed by atoms with Gasteiger partial charge in [0.25, 0.3) is 0 Å². The Morgan fingerprint density at radius 3 is 2.50 bits per heavy atom. The topological polar surface area (TPSA) is 93.1 Å². The Morgan fingerprint density at radius 2 is 1.91 bits per heavy atom. The summed E-state index contributed by atoms with van der Waals surface area (Å²) in [6.45, 7) is 5.04. The fraction of sp³-hybridized carbons (Fsp3) is 0.400. The number of Topliss-reactive ketones (excluding diaryl/α,β-unsaturated/α-hetero) is 1. The highest BCUT2D eigenvalue weighted by molar-refractivity contribution is 6.01. The number of hydrogen-bond donors (Lipinski definition) is 1. The number of ketones is 1. The van der Waals surface area contributed by atoms with E-state index in [0.29, 0.717) is 11.1 Å². The van der Waals surface area contributed by atoms with Crippen LogP contribution in [0.25, 0.3) is 0 Å². The number of rotatable bonds is 1. The summed E-state index contributed by atoms with van der Waals surface area (Å²) in [5.41, 5.74) is 0.259. The van der Waals surface area contributed by atoms with Crippen molar-refractivity contribution in [3.8, 4) is 5.75 Å². The Bertz CT molecular complexity index is 631. The van der Waals surface area contributed by atoms with Crippen molar-refractivity contribution >= 4 is 18.0 Å². The smallest absolute Gasteiger partial charge is 0.465 e. The summed E-state index contributed by atoms with van der Waals surface area (Å²) >= 11 is 0. The minimum absolute atomic E-state index is 0.0714. The average Bonchev–Trinajstić information content (AvgIpc) is 2.35. The largest absolute Gasteiger partial charge is 0.514 e. The lowest BCUT2D eigenvalue weighted by Crippen LogP contribution is -2.38. The number of carbonyl (C=O) groups excluding carboxylic acids is 2. The van der Waals surface area contributed by atoms with E-state index in [4.69, 9.17) is 14.6 Å². The van der Waals surface area contributed by atoms with Gasteiger partial charge in [-0.3, -0.25) is 9.69 Å². The van der Waals surface area contributed by atoms with Crippen LogP contribution in [0.5, 0.6) is 5.75 Å². The fourth-order valence-electron chi connectivity index (χ4n) is 2.06. The van der Waals surface area contributed by atoms with Gasteiger partial charge in [0, 0.05) is 5.56 Å². The Kier molecular flexibility index (Phi) is 4.07. The van der Waals surface area contributed by atoms with Gasteiger partial charge in [-0.1, -0.05) is 0 Å². The van der Waals surface area contributed by atoms with Crippen LogP contribution in [-0.2, 0) is 11.3 Å². The first-order valence-corrected chi connectivity index (χ1v) is 6.70. The minimum Gasteiger partial charge on any atom is -0.465 e. The molecule has 0 atom stereocenters. The lowest BCUT2D eigenvalue weighted by atomic mass is 9.99. The number of benzene rings is 1. The zero-order chi connectivity index (χ0) is 16.5. The van der Waals surface area contributed by atoms with Gasteiger partial charge in [-0.2, -0.15) is 0 Å². The predicted octanol–water partition coefficient (Wildman–Crippen LogP) is 2.68. The monoisotopic (exact) mass is 307 g/mol. The third-order valence-corrected chi connectivity index (χ3v) is 2.93. The average molecular weight is 307 g/mol. The molecule has 0 spiro atoms. The standard InChI is InChI=1S/C15H17NO6/c1-15(2,3)22-14(20)21-10-4-5-11-9(6-10)7-16(13(18)19)8-12(11)17/h4-6H,7-8H2,1-3H3,(H,18,19). The first-order valence-electron chi connectivity index (χ1n) is 6.70. The van der Waals surface area contributed by atoms with E-state index in [2.05, 4.69) is 0 Å². The number of fused-ring (bicyclic) bond motifs is 1. The zero-order valence-corrected chi connectivity index (χ0v) is 12.6. The third kappa shape index (κ3) is 3.75. The number of ether oxygens (including phenoxy) is 2. The van der Waals surface area contributed by atoms with Gasteiger partial charge in [-0.15, -0.1) is 0 Å². The van der Waals surface area contributed by atoms with Crippen LogP contribution in [0.4, 0.5) is 9.59 Å². The molecule has 0 aromatic heterocycles. The molecule has 1 heterocycles. The van der Waals surface area contributed by atoms with Crippen molar-refractivity contribution in [2.24, 2.45) is 0 Å². The van der Waals surface area contributed by atoms with Gasteiger partial charge in [0.15, 0.2) is 5.78 Å². The maximum absolute atomic E-state index is 11.9. The Hall–Kier alpha value is -2.57. The van der Waals surface area contributed by atoms with Crippen molar-refractivity contribution in [1.82, 2.24) is 4.90 Å². The van der Waals surface area contributed by atoms with Crippen molar-refractivity contribution in [3.63, 3.8) is 0 Å².